The summed E-state index contributed by atoms with van der Waals surface area (Å²) in [6.45, 7) is -0.479. The Morgan fingerprint density at radius 1 is 1.00 bits per heavy atom. The number of hydrogen-bond acceptors (Lipinski definition) is 6. The van der Waals surface area contributed by atoms with Gasteiger partial charge in [0.2, 0.25) is 12.7 Å². The summed E-state index contributed by atoms with van der Waals surface area (Å²) in [5, 5.41) is 30.6. The molecule has 0 bridgehead atoms. The number of phenolic OH excluding ortho intramolecular Hbond substituents is 1. The van der Waals surface area contributed by atoms with Crippen molar-refractivity contribution in [2.24, 2.45) is 0 Å². The fraction of sp³-hybridized carbons (Fsp3) is 0.167. The summed E-state index contributed by atoms with van der Waals surface area (Å²) >= 11 is 0. The van der Waals surface area contributed by atoms with Gasteiger partial charge in [0.1, 0.15) is 11.2 Å². The Labute approximate surface area is 182 Å². The molecule has 2 aliphatic rings. The Morgan fingerprint density at radius 3 is 2.50 bits per heavy atom. The van der Waals surface area contributed by atoms with Crippen LogP contribution in [0.15, 0.2) is 60.7 Å². The number of carbonyl (C=O) groups is 2. The molecule has 1 unspecified atom stereocenters. The third-order valence-corrected chi connectivity index (χ3v) is 5.97. The zero-order valence-corrected chi connectivity index (χ0v) is 16.8. The van der Waals surface area contributed by atoms with Crippen molar-refractivity contribution in [1.29, 1.82) is 0 Å². The van der Waals surface area contributed by atoms with Crippen molar-refractivity contribution < 1.29 is 34.4 Å². The summed E-state index contributed by atoms with van der Waals surface area (Å²) < 4.78 is 10.7. The number of fused-ring (bicyclic) bond motifs is 2. The van der Waals surface area contributed by atoms with Gasteiger partial charge in [0.25, 0.3) is 0 Å². The van der Waals surface area contributed by atoms with E-state index < -0.39 is 23.9 Å². The van der Waals surface area contributed by atoms with E-state index in [9.17, 15) is 24.9 Å². The molecule has 0 fully saturated rings. The normalized spacial score (nSPS) is 18.7. The maximum atomic E-state index is 13.9. The highest BCUT2D eigenvalue weighted by Crippen LogP contribution is 2.51. The Bertz CT molecular complexity index is 1250. The van der Waals surface area contributed by atoms with Gasteiger partial charge in [-0.3, -0.25) is 4.79 Å². The summed E-state index contributed by atoms with van der Waals surface area (Å²) in [5.41, 5.74) is 0.511. The van der Waals surface area contributed by atoms with Crippen molar-refractivity contribution in [3.8, 4) is 17.2 Å². The van der Waals surface area contributed by atoms with Crippen molar-refractivity contribution in [2.75, 3.05) is 18.3 Å². The predicted molar refractivity (Wildman–Crippen MR) is 113 cm³/mol. The molecule has 5 rings (SSSR count). The topological polar surface area (TPSA) is 117 Å². The van der Waals surface area contributed by atoms with Crippen LogP contribution in [0.4, 0.5) is 5.69 Å². The van der Waals surface area contributed by atoms with Crippen molar-refractivity contribution in [3.63, 3.8) is 0 Å². The van der Waals surface area contributed by atoms with E-state index in [-0.39, 0.29) is 30.2 Å². The molecule has 8 heteroatoms. The minimum Gasteiger partial charge on any atom is -0.507 e. The highest BCUT2D eigenvalue weighted by molar-refractivity contribution is 6.11. The van der Waals surface area contributed by atoms with Gasteiger partial charge in [-0.1, -0.05) is 30.3 Å². The molecule has 1 amide bonds. The van der Waals surface area contributed by atoms with Crippen LogP contribution in [0.2, 0.25) is 0 Å². The average molecular weight is 433 g/mol. The smallest absolute Gasteiger partial charge is 0.335 e. The summed E-state index contributed by atoms with van der Waals surface area (Å²) in [4.78, 5) is 26.7. The molecule has 0 aromatic heterocycles. The van der Waals surface area contributed by atoms with Gasteiger partial charge in [0, 0.05) is 17.3 Å². The number of aromatic hydroxyl groups is 1. The maximum Gasteiger partial charge on any atom is 0.335 e. The molecule has 8 nitrogen and oxygen atoms in total. The highest BCUT2D eigenvalue weighted by Gasteiger charge is 2.53. The number of aliphatic hydroxyl groups is 1. The zero-order chi connectivity index (χ0) is 22.5. The monoisotopic (exact) mass is 433 g/mol. The van der Waals surface area contributed by atoms with E-state index in [1.54, 1.807) is 36.4 Å². The number of aliphatic hydroxyl groups excluding tert-OH is 1. The SMILES string of the molecule is O=C(O)c1cccc(CN2C(=O)C(CO)(c3cc4c(cc3O)OCO4)c3ccccc32)c1. The van der Waals surface area contributed by atoms with Crippen LogP contribution in [0, 0.1) is 0 Å². The molecule has 1 atom stereocenters. The van der Waals surface area contributed by atoms with Gasteiger partial charge in [0.15, 0.2) is 11.5 Å². The lowest BCUT2D eigenvalue weighted by Crippen LogP contribution is -2.43. The van der Waals surface area contributed by atoms with Crippen LogP contribution in [0.1, 0.15) is 27.0 Å². The molecule has 3 N–H and O–H groups in total. The van der Waals surface area contributed by atoms with Crippen LogP contribution < -0.4 is 14.4 Å². The molecule has 0 aliphatic carbocycles. The first-order valence-electron chi connectivity index (χ1n) is 9.93. The summed E-state index contributed by atoms with van der Waals surface area (Å²) in [6.07, 6.45) is 0. The summed E-state index contributed by atoms with van der Waals surface area (Å²) in [5.74, 6) is -0.948. The van der Waals surface area contributed by atoms with Gasteiger partial charge >= 0.3 is 5.97 Å². The Kier molecular flexibility index (Phi) is 4.53. The second kappa shape index (κ2) is 7.28. The van der Waals surface area contributed by atoms with E-state index in [0.717, 1.165) is 0 Å². The van der Waals surface area contributed by atoms with Gasteiger partial charge < -0.3 is 29.7 Å². The van der Waals surface area contributed by atoms with Crippen LogP contribution >= 0.6 is 0 Å². The molecule has 2 heterocycles. The molecule has 0 radical (unpaired) electrons. The van der Waals surface area contributed by atoms with Crippen LogP contribution in [0.25, 0.3) is 0 Å². The minimum atomic E-state index is -1.55. The first-order valence-corrected chi connectivity index (χ1v) is 9.93. The van der Waals surface area contributed by atoms with Gasteiger partial charge in [-0.15, -0.1) is 0 Å². The van der Waals surface area contributed by atoms with Crippen molar-refractivity contribution in [2.45, 2.75) is 12.0 Å². The average Bonchev–Trinajstić information content (AvgIpc) is 3.34. The minimum absolute atomic E-state index is 0.000921. The number of aromatic carboxylic acids is 1. The lowest BCUT2D eigenvalue weighted by atomic mass is 9.75. The highest BCUT2D eigenvalue weighted by atomic mass is 16.7. The van der Waals surface area contributed by atoms with Gasteiger partial charge in [-0.25, -0.2) is 4.79 Å². The molecule has 3 aromatic carbocycles. The Morgan fingerprint density at radius 2 is 1.75 bits per heavy atom. The standard InChI is InChI=1S/C24H19NO7/c26-12-24(17-9-20-21(10-19(17)27)32-13-31-20)16-6-1-2-7-18(16)25(23(24)30)11-14-4-3-5-15(8-14)22(28)29/h1-10,26-27H,11-13H2,(H,28,29). The lowest BCUT2D eigenvalue weighted by Gasteiger charge is -2.28. The maximum absolute atomic E-state index is 13.9. The van der Waals surface area contributed by atoms with Crippen LogP contribution in [0.5, 0.6) is 17.2 Å². The molecule has 0 saturated heterocycles. The lowest BCUT2D eigenvalue weighted by molar-refractivity contribution is -0.123. The fourth-order valence-electron chi connectivity index (χ4n) is 4.44. The number of hydrogen-bond donors (Lipinski definition) is 3. The number of para-hydroxylation sites is 1. The first-order chi connectivity index (χ1) is 15.5. The van der Waals surface area contributed by atoms with Gasteiger partial charge in [-0.05, 0) is 35.4 Å². The molecule has 2 aliphatic heterocycles. The van der Waals surface area contributed by atoms with Crippen molar-refractivity contribution >= 4 is 17.6 Å². The number of ether oxygens (including phenoxy) is 2. The third kappa shape index (κ3) is 2.80. The second-order valence-electron chi connectivity index (χ2n) is 7.70. The van der Waals surface area contributed by atoms with Gasteiger partial charge in [-0.2, -0.15) is 0 Å². The molecule has 32 heavy (non-hydrogen) atoms. The predicted octanol–water partition coefficient (Wildman–Crippen LogP) is 2.64. The molecule has 0 spiro atoms. The van der Waals surface area contributed by atoms with Crippen LogP contribution in [-0.4, -0.2) is 40.6 Å². The molecular weight excluding hydrogens is 414 g/mol. The number of anilines is 1. The van der Waals surface area contributed by atoms with E-state index in [2.05, 4.69) is 0 Å². The number of amides is 1. The second-order valence-corrected chi connectivity index (χ2v) is 7.70. The van der Waals surface area contributed by atoms with Crippen molar-refractivity contribution in [1.82, 2.24) is 0 Å². The van der Waals surface area contributed by atoms with E-state index in [4.69, 9.17) is 9.47 Å². The largest absolute Gasteiger partial charge is 0.507 e. The van der Waals surface area contributed by atoms with E-state index in [0.29, 0.717) is 28.3 Å². The number of benzene rings is 3. The molecule has 3 aromatic rings. The quantitative estimate of drug-likeness (QED) is 0.566. The first kappa shape index (κ1) is 19.9. The van der Waals surface area contributed by atoms with Crippen LogP contribution in [0.3, 0.4) is 0 Å². The number of nitrogens with zero attached hydrogens (tertiary/aromatic N) is 1. The summed E-state index contributed by atoms with van der Waals surface area (Å²) in [6, 6.07) is 16.3. The number of rotatable bonds is 5. The van der Waals surface area contributed by atoms with Crippen molar-refractivity contribution in [3.05, 3.63) is 82.9 Å². The fourth-order valence-corrected chi connectivity index (χ4v) is 4.44. The Balaban J connectivity index is 1.64. The molecule has 162 valence electrons. The third-order valence-electron chi connectivity index (χ3n) is 5.97. The van der Waals surface area contributed by atoms with E-state index in [1.165, 1.54) is 29.2 Å². The number of carbonyl (C=O) groups excluding carboxylic acids is 1. The van der Waals surface area contributed by atoms with E-state index in [1.807, 2.05) is 0 Å². The number of carboxylic acid groups (broad SMARTS) is 1. The number of carboxylic acids is 1. The zero-order valence-electron chi connectivity index (χ0n) is 16.8. The van der Waals surface area contributed by atoms with Crippen LogP contribution in [-0.2, 0) is 16.8 Å². The molecular formula is C24H19NO7. The summed E-state index contributed by atoms with van der Waals surface area (Å²) in [7, 11) is 0. The van der Waals surface area contributed by atoms with Gasteiger partial charge in [0.05, 0.1) is 18.7 Å². The Hall–Kier alpha value is -4.04. The molecule has 0 saturated carbocycles. The number of phenols is 1. The van der Waals surface area contributed by atoms with E-state index >= 15 is 0 Å².